The van der Waals surface area contributed by atoms with Crippen molar-refractivity contribution in [3.8, 4) is 0 Å². The molecule has 0 unspecified atom stereocenters. The van der Waals surface area contributed by atoms with Crippen molar-refractivity contribution in [1.29, 1.82) is 0 Å². The number of rotatable bonds is 5. The Hall–Kier alpha value is -2.99. The monoisotopic (exact) mass is 461 g/mol. The molecule has 2 aliphatic rings. The molecule has 2 N–H and O–H groups in total. The first-order valence-corrected chi connectivity index (χ1v) is 12.1. The smallest absolute Gasteiger partial charge is 0.258 e. The van der Waals surface area contributed by atoms with Crippen LogP contribution in [0.5, 0.6) is 0 Å². The number of H-pyrrole nitrogens is 1. The fraction of sp³-hybridized carbons (Fsp3) is 0.500. The van der Waals surface area contributed by atoms with Crippen LogP contribution in [-0.2, 0) is 14.8 Å². The van der Waals surface area contributed by atoms with Crippen molar-refractivity contribution in [3.05, 3.63) is 29.8 Å². The third-order valence-corrected chi connectivity index (χ3v) is 7.70. The molecule has 0 aliphatic carbocycles. The summed E-state index contributed by atoms with van der Waals surface area (Å²) in [5.74, 6) is 0.333. The molecular weight excluding hydrogens is 434 g/mol. The maximum atomic E-state index is 12.9. The standard InChI is InChI=1S/C20H27N7O4S/c1-15(28)25-11-13-27(14-12-25)32(30,31)17-7-5-16(6-8-17)18(29)21-19-22-20(24-23-19)26-9-3-2-4-10-26/h5-8H,2-4,9-14H2,1H3,(H2,21,22,23,24,29). The molecule has 2 amide bonds. The number of carbonyl (C=O) groups is 2. The number of hydrogen-bond donors (Lipinski definition) is 2. The van der Waals surface area contributed by atoms with Crippen LogP contribution in [0.25, 0.3) is 0 Å². The molecular formula is C20H27N7O4S. The quantitative estimate of drug-likeness (QED) is 0.676. The zero-order chi connectivity index (χ0) is 22.7. The highest BCUT2D eigenvalue weighted by molar-refractivity contribution is 7.89. The predicted octanol–water partition coefficient (Wildman–Crippen LogP) is 0.900. The van der Waals surface area contributed by atoms with Gasteiger partial charge in [-0.3, -0.25) is 14.9 Å². The van der Waals surface area contributed by atoms with Crippen LogP contribution in [0, 0.1) is 0 Å². The number of piperidine rings is 1. The van der Waals surface area contributed by atoms with E-state index in [1.54, 1.807) is 4.90 Å². The number of piperazine rings is 1. The van der Waals surface area contributed by atoms with E-state index in [2.05, 4.69) is 25.4 Å². The molecule has 0 atom stereocenters. The van der Waals surface area contributed by atoms with Gasteiger partial charge in [0.15, 0.2) is 0 Å². The molecule has 0 radical (unpaired) electrons. The number of carbonyl (C=O) groups excluding carboxylic acids is 2. The first kappa shape index (κ1) is 22.2. The molecule has 4 rings (SSSR count). The van der Waals surface area contributed by atoms with Gasteiger partial charge in [-0.05, 0) is 43.5 Å². The molecule has 12 heteroatoms. The fourth-order valence-electron chi connectivity index (χ4n) is 3.89. The van der Waals surface area contributed by atoms with E-state index < -0.39 is 15.9 Å². The Morgan fingerprint density at radius 2 is 1.62 bits per heavy atom. The van der Waals surface area contributed by atoms with E-state index in [1.807, 2.05) is 0 Å². The van der Waals surface area contributed by atoms with Gasteiger partial charge in [0, 0.05) is 51.8 Å². The molecule has 2 fully saturated rings. The average molecular weight is 462 g/mol. The van der Waals surface area contributed by atoms with E-state index in [4.69, 9.17) is 0 Å². The lowest BCUT2D eigenvalue weighted by Gasteiger charge is -2.33. The van der Waals surface area contributed by atoms with E-state index >= 15 is 0 Å². The first-order chi connectivity index (χ1) is 15.3. The van der Waals surface area contributed by atoms with Crippen molar-refractivity contribution in [2.75, 3.05) is 49.5 Å². The fourth-order valence-corrected chi connectivity index (χ4v) is 5.32. The highest BCUT2D eigenvalue weighted by Gasteiger charge is 2.29. The van der Waals surface area contributed by atoms with Crippen molar-refractivity contribution < 1.29 is 18.0 Å². The van der Waals surface area contributed by atoms with E-state index in [0.29, 0.717) is 24.6 Å². The van der Waals surface area contributed by atoms with Crippen LogP contribution in [0.3, 0.4) is 0 Å². The molecule has 1 aromatic carbocycles. The number of anilines is 2. The summed E-state index contributed by atoms with van der Waals surface area (Å²) in [5, 5.41) is 9.56. The second-order valence-electron chi connectivity index (χ2n) is 7.92. The molecule has 32 heavy (non-hydrogen) atoms. The van der Waals surface area contributed by atoms with Crippen molar-refractivity contribution in [2.24, 2.45) is 0 Å². The molecule has 2 aromatic rings. The van der Waals surface area contributed by atoms with E-state index in [-0.39, 0.29) is 29.8 Å². The normalized spacial score (nSPS) is 17.9. The summed E-state index contributed by atoms with van der Waals surface area (Å²) in [7, 11) is -3.69. The highest BCUT2D eigenvalue weighted by atomic mass is 32.2. The van der Waals surface area contributed by atoms with Crippen LogP contribution in [0.15, 0.2) is 29.2 Å². The van der Waals surface area contributed by atoms with Crippen molar-refractivity contribution in [3.63, 3.8) is 0 Å². The zero-order valence-electron chi connectivity index (χ0n) is 18.0. The lowest BCUT2D eigenvalue weighted by atomic mass is 10.1. The number of aromatic nitrogens is 3. The molecule has 0 bridgehead atoms. The topological polar surface area (TPSA) is 132 Å². The summed E-state index contributed by atoms with van der Waals surface area (Å²) in [6.07, 6.45) is 3.39. The molecule has 1 aromatic heterocycles. The largest absolute Gasteiger partial charge is 0.340 e. The highest BCUT2D eigenvalue weighted by Crippen LogP contribution is 2.20. The number of benzene rings is 1. The third-order valence-electron chi connectivity index (χ3n) is 5.78. The minimum atomic E-state index is -3.69. The summed E-state index contributed by atoms with van der Waals surface area (Å²) in [6, 6.07) is 5.77. The van der Waals surface area contributed by atoms with Crippen LogP contribution < -0.4 is 10.2 Å². The van der Waals surface area contributed by atoms with Gasteiger partial charge in [0.1, 0.15) is 0 Å². The molecule has 0 saturated carbocycles. The number of aromatic amines is 1. The summed E-state index contributed by atoms with van der Waals surface area (Å²) < 4.78 is 27.1. The lowest BCUT2D eigenvalue weighted by Crippen LogP contribution is -2.49. The van der Waals surface area contributed by atoms with Crippen LogP contribution in [0.4, 0.5) is 11.9 Å². The van der Waals surface area contributed by atoms with Crippen LogP contribution in [0.1, 0.15) is 36.5 Å². The van der Waals surface area contributed by atoms with E-state index in [9.17, 15) is 18.0 Å². The Bertz CT molecular complexity index is 1070. The number of amides is 2. The van der Waals surface area contributed by atoms with Gasteiger partial charge in [-0.25, -0.2) is 13.5 Å². The van der Waals surface area contributed by atoms with Crippen molar-refractivity contribution in [1.82, 2.24) is 24.4 Å². The Morgan fingerprint density at radius 3 is 2.25 bits per heavy atom. The molecule has 2 aliphatic heterocycles. The zero-order valence-corrected chi connectivity index (χ0v) is 18.8. The number of nitrogens with one attached hydrogen (secondary N) is 2. The van der Waals surface area contributed by atoms with Crippen LogP contribution in [-0.4, -0.2) is 83.9 Å². The van der Waals surface area contributed by atoms with Crippen molar-refractivity contribution >= 4 is 33.7 Å². The summed E-state index contributed by atoms with van der Waals surface area (Å²) >= 11 is 0. The third kappa shape index (κ3) is 4.75. The molecule has 11 nitrogen and oxygen atoms in total. The van der Waals surface area contributed by atoms with Gasteiger partial charge in [0.25, 0.3) is 5.91 Å². The molecule has 0 spiro atoms. The SMILES string of the molecule is CC(=O)N1CCN(S(=O)(=O)c2ccc(C(=O)Nc3nc(N4CCCCC4)n[nH]3)cc2)CC1. The van der Waals surface area contributed by atoms with Crippen molar-refractivity contribution in [2.45, 2.75) is 31.1 Å². The Morgan fingerprint density at radius 1 is 0.969 bits per heavy atom. The van der Waals surface area contributed by atoms with Gasteiger partial charge in [0.2, 0.25) is 27.8 Å². The van der Waals surface area contributed by atoms with Gasteiger partial charge < -0.3 is 9.80 Å². The second-order valence-corrected chi connectivity index (χ2v) is 9.86. The number of nitrogens with zero attached hydrogens (tertiary/aromatic N) is 5. The van der Waals surface area contributed by atoms with E-state index in [1.165, 1.54) is 41.9 Å². The predicted molar refractivity (Wildman–Crippen MR) is 118 cm³/mol. The number of hydrogen-bond acceptors (Lipinski definition) is 7. The Balaban J connectivity index is 1.38. The molecule has 3 heterocycles. The Kier molecular flexibility index (Phi) is 6.42. The summed E-state index contributed by atoms with van der Waals surface area (Å²) in [6.45, 7) is 4.48. The van der Waals surface area contributed by atoms with Gasteiger partial charge in [0.05, 0.1) is 4.90 Å². The number of sulfonamides is 1. The first-order valence-electron chi connectivity index (χ1n) is 10.7. The van der Waals surface area contributed by atoms with Gasteiger partial charge in [-0.15, -0.1) is 5.10 Å². The van der Waals surface area contributed by atoms with Crippen LogP contribution >= 0.6 is 0 Å². The minimum absolute atomic E-state index is 0.0628. The van der Waals surface area contributed by atoms with Gasteiger partial charge in [-0.1, -0.05) is 0 Å². The summed E-state index contributed by atoms with van der Waals surface area (Å²) in [5.41, 5.74) is 0.307. The maximum Gasteiger partial charge on any atom is 0.258 e. The molecule has 2 saturated heterocycles. The summed E-state index contributed by atoms with van der Waals surface area (Å²) in [4.78, 5) is 32.1. The average Bonchev–Trinajstić information content (AvgIpc) is 3.28. The second kappa shape index (κ2) is 9.25. The minimum Gasteiger partial charge on any atom is -0.340 e. The van der Waals surface area contributed by atoms with Gasteiger partial charge in [-0.2, -0.15) is 9.29 Å². The maximum absolute atomic E-state index is 12.9. The molecule has 172 valence electrons. The van der Waals surface area contributed by atoms with E-state index in [0.717, 1.165) is 25.9 Å². The lowest BCUT2D eigenvalue weighted by molar-refractivity contribution is -0.129. The van der Waals surface area contributed by atoms with Crippen LogP contribution in [0.2, 0.25) is 0 Å². The van der Waals surface area contributed by atoms with Gasteiger partial charge >= 0.3 is 0 Å². The Labute approximate surface area is 186 Å².